The Labute approximate surface area is 111 Å². The monoisotopic (exact) mass is 272 g/mol. The second-order valence-corrected chi connectivity index (χ2v) is 4.16. The molecule has 0 saturated heterocycles. The van der Waals surface area contributed by atoms with Crippen LogP contribution in [0.2, 0.25) is 5.02 Å². The minimum absolute atomic E-state index is 0.246. The van der Waals surface area contributed by atoms with E-state index >= 15 is 0 Å². The van der Waals surface area contributed by atoms with Gasteiger partial charge < -0.3 is 14.6 Å². The van der Waals surface area contributed by atoms with E-state index in [4.69, 9.17) is 21.1 Å². The molecule has 0 bridgehead atoms. The molecule has 0 aliphatic carbocycles. The van der Waals surface area contributed by atoms with Gasteiger partial charge in [0.2, 0.25) is 6.10 Å². The van der Waals surface area contributed by atoms with Crippen LogP contribution in [-0.4, -0.2) is 29.9 Å². The highest BCUT2D eigenvalue weighted by Crippen LogP contribution is 2.18. The molecule has 0 fully saturated rings. The molecule has 1 aromatic carbocycles. The fourth-order valence-corrected chi connectivity index (χ4v) is 1.51. The number of aliphatic hydroxyl groups excluding tert-OH is 1. The first kappa shape index (κ1) is 14.8. The lowest BCUT2D eigenvalue weighted by molar-refractivity contribution is -0.157. The van der Waals surface area contributed by atoms with Crippen LogP contribution in [0.25, 0.3) is 0 Å². The number of hydrogen-bond acceptors (Lipinski definition) is 4. The Balaban J connectivity index is 2.77. The van der Waals surface area contributed by atoms with Crippen LogP contribution >= 0.6 is 11.6 Å². The third-order valence-corrected chi connectivity index (χ3v) is 2.62. The zero-order chi connectivity index (χ0) is 13.5. The number of esters is 1. The summed E-state index contributed by atoms with van der Waals surface area (Å²) in [5, 5.41) is 10.4. The maximum Gasteiger partial charge on any atom is 0.350 e. The topological polar surface area (TPSA) is 55.8 Å². The molecule has 18 heavy (non-hydrogen) atoms. The van der Waals surface area contributed by atoms with Crippen LogP contribution in [-0.2, 0) is 9.53 Å². The number of aliphatic hydroxyl groups is 1. The number of hydrogen-bond donors (Lipinski definition) is 1. The largest absolute Gasteiger partial charge is 0.476 e. The van der Waals surface area contributed by atoms with Crippen molar-refractivity contribution >= 4 is 17.6 Å². The summed E-state index contributed by atoms with van der Waals surface area (Å²) in [4.78, 5) is 11.7. The molecule has 0 radical (unpaired) electrons. The summed E-state index contributed by atoms with van der Waals surface area (Å²) in [5.41, 5.74) is 0. The lowest BCUT2D eigenvalue weighted by Gasteiger charge is -2.21. The average Bonchev–Trinajstić information content (AvgIpc) is 2.37. The van der Waals surface area contributed by atoms with E-state index in [0.29, 0.717) is 17.2 Å². The van der Waals surface area contributed by atoms with E-state index in [1.165, 1.54) is 0 Å². The van der Waals surface area contributed by atoms with Crippen molar-refractivity contribution in [2.75, 3.05) is 6.61 Å². The molecule has 0 amide bonds. The molecule has 0 aromatic heterocycles. The lowest BCUT2D eigenvalue weighted by atomic mass is 10.1. The maximum absolute atomic E-state index is 11.7. The summed E-state index contributed by atoms with van der Waals surface area (Å²) in [6.45, 7) is 3.72. The van der Waals surface area contributed by atoms with E-state index in [2.05, 4.69) is 0 Å². The van der Waals surface area contributed by atoms with Gasteiger partial charge in [0.25, 0.3) is 0 Å². The van der Waals surface area contributed by atoms with Crippen molar-refractivity contribution in [2.24, 2.45) is 0 Å². The quantitative estimate of drug-likeness (QED) is 0.808. The van der Waals surface area contributed by atoms with Gasteiger partial charge in [-0.3, -0.25) is 0 Å². The number of carbonyl (C=O) groups is 1. The minimum Gasteiger partial charge on any atom is -0.476 e. The lowest BCUT2D eigenvalue weighted by Crippen LogP contribution is -2.40. The Bertz CT molecular complexity index is 377. The highest BCUT2D eigenvalue weighted by atomic mass is 35.5. The van der Waals surface area contributed by atoms with Gasteiger partial charge in [0.15, 0.2) is 0 Å². The summed E-state index contributed by atoms with van der Waals surface area (Å²) in [5.74, 6) is -0.105. The number of benzene rings is 1. The highest BCUT2D eigenvalue weighted by Gasteiger charge is 2.29. The van der Waals surface area contributed by atoms with Gasteiger partial charge in [-0.05, 0) is 37.6 Å². The predicted molar refractivity (Wildman–Crippen MR) is 68.8 cm³/mol. The highest BCUT2D eigenvalue weighted by molar-refractivity contribution is 6.30. The van der Waals surface area contributed by atoms with Crippen LogP contribution in [0.4, 0.5) is 0 Å². The van der Waals surface area contributed by atoms with Crippen molar-refractivity contribution in [3.63, 3.8) is 0 Å². The molecule has 5 heteroatoms. The minimum atomic E-state index is -1.02. The van der Waals surface area contributed by atoms with Gasteiger partial charge in [0.1, 0.15) is 11.9 Å². The molecule has 0 aliphatic rings. The number of carbonyl (C=O) groups excluding carboxylic acids is 1. The zero-order valence-electron chi connectivity index (χ0n) is 10.4. The van der Waals surface area contributed by atoms with Crippen LogP contribution in [0.5, 0.6) is 5.75 Å². The van der Waals surface area contributed by atoms with Crippen LogP contribution in [0.15, 0.2) is 24.3 Å². The van der Waals surface area contributed by atoms with E-state index < -0.39 is 18.2 Å². The molecule has 2 unspecified atom stereocenters. The Morgan fingerprint density at radius 3 is 2.44 bits per heavy atom. The van der Waals surface area contributed by atoms with E-state index in [1.54, 1.807) is 38.1 Å². The molecule has 2 atom stereocenters. The second kappa shape index (κ2) is 7.24. The van der Waals surface area contributed by atoms with Gasteiger partial charge in [0.05, 0.1) is 6.61 Å². The summed E-state index contributed by atoms with van der Waals surface area (Å²) in [6.07, 6.45) is -1.52. The van der Waals surface area contributed by atoms with Crippen LogP contribution < -0.4 is 4.74 Å². The average molecular weight is 273 g/mol. The summed E-state index contributed by atoms with van der Waals surface area (Å²) >= 11 is 5.75. The Hall–Kier alpha value is -1.26. The third-order valence-electron chi connectivity index (χ3n) is 2.36. The fourth-order valence-electron chi connectivity index (χ4n) is 1.38. The van der Waals surface area contributed by atoms with Crippen molar-refractivity contribution in [3.8, 4) is 5.75 Å². The van der Waals surface area contributed by atoms with Gasteiger partial charge >= 0.3 is 5.97 Å². The van der Waals surface area contributed by atoms with E-state index in [0.717, 1.165) is 0 Å². The number of ether oxygens (including phenoxy) is 2. The van der Waals surface area contributed by atoms with Gasteiger partial charge in [-0.25, -0.2) is 4.79 Å². The zero-order valence-corrected chi connectivity index (χ0v) is 11.2. The van der Waals surface area contributed by atoms with Crippen molar-refractivity contribution in [1.82, 2.24) is 0 Å². The molecule has 100 valence electrons. The smallest absolute Gasteiger partial charge is 0.350 e. The maximum atomic E-state index is 11.7. The molecule has 4 nitrogen and oxygen atoms in total. The molecule has 0 spiro atoms. The van der Waals surface area contributed by atoms with Crippen LogP contribution in [0, 0.1) is 0 Å². The predicted octanol–water partition coefficient (Wildman–Crippen LogP) is 2.42. The van der Waals surface area contributed by atoms with E-state index in [-0.39, 0.29) is 6.61 Å². The third kappa shape index (κ3) is 4.20. The van der Waals surface area contributed by atoms with Gasteiger partial charge in [-0.15, -0.1) is 0 Å². The summed E-state index contributed by atoms with van der Waals surface area (Å²) in [7, 11) is 0. The Morgan fingerprint density at radius 1 is 1.33 bits per heavy atom. The van der Waals surface area contributed by atoms with Crippen molar-refractivity contribution < 1.29 is 19.4 Å². The summed E-state index contributed by atoms with van der Waals surface area (Å²) < 4.78 is 10.3. The summed E-state index contributed by atoms with van der Waals surface area (Å²) in [6, 6.07) is 6.57. The second-order valence-electron chi connectivity index (χ2n) is 3.72. The van der Waals surface area contributed by atoms with Gasteiger partial charge in [0, 0.05) is 5.02 Å². The van der Waals surface area contributed by atoms with E-state index in [1.807, 2.05) is 0 Å². The SMILES string of the molecule is CCOC(=O)C(Oc1ccc(Cl)cc1)C(O)CC. The van der Waals surface area contributed by atoms with Crippen LogP contribution in [0.1, 0.15) is 20.3 Å². The Morgan fingerprint density at radius 2 is 1.94 bits per heavy atom. The first-order valence-corrected chi connectivity index (χ1v) is 6.23. The Kier molecular flexibility index (Phi) is 5.95. The molecule has 1 rings (SSSR count). The van der Waals surface area contributed by atoms with Gasteiger partial charge in [-0.2, -0.15) is 0 Å². The molecule has 0 heterocycles. The standard InChI is InChI=1S/C13H17ClO4/c1-3-11(15)12(13(16)17-4-2)18-10-7-5-9(14)6-8-10/h5-8,11-12,15H,3-4H2,1-2H3. The van der Waals surface area contributed by atoms with Gasteiger partial charge in [-0.1, -0.05) is 18.5 Å². The fraction of sp³-hybridized carbons (Fsp3) is 0.462. The van der Waals surface area contributed by atoms with Crippen molar-refractivity contribution in [2.45, 2.75) is 32.5 Å². The number of rotatable bonds is 6. The number of halogens is 1. The molecule has 0 saturated carbocycles. The molecular weight excluding hydrogens is 256 g/mol. The first-order chi connectivity index (χ1) is 8.58. The van der Waals surface area contributed by atoms with Crippen molar-refractivity contribution in [3.05, 3.63) is 29.3 Å². The molecule has 0 aliphatic heterocycles. The van der Waals surface area contributed by atoms with E-state index in [9.17, 15) is 9.90 Å². The van der Waals surface area contributed by atoms with Crippen molar-refractivity contribution in [1.29, 1.82) is 0 Å². The molecule has 1 N–H and O–H groups in total. The van der Waals surface area contributed by atoms with Crippen LogP contribution in [0.3, 0.4) is 0 Å². The normalized spacial score (nSPS) is 13.8. The first-order valence-electron chi connectivity index (χ1n) is 5.85. The molecule has 1 aromatic rings. The molecular formula is C13H17ClO4.